The van der Waals surface area contributed by atoms with Gasteiger partial charge < -0.3 is 10.4 Å². The third kappa shape index (κ3) is 7.32. The van der Waals surface area contributed by atoms with E-state index in [2.05, 4.69) is 5.32 Å². The van der Waals surface area contributed by atoms with Gasteiger partial charge in [0.2, 0.25) is 18.6 Å². The van der Waals surface area contributed by atoms with E-state index in [-0.39, 0.29) is 13.1 Å². The zero-order valence-electron chi connectivity index (χ0n) is 13.9. The van der Waals surface area contributed by atoms with E-state index in [1.54, 1.807) is 13.8 Å². The quantitative estimate of drug-likeness (QED) is 0.229. The minimum Gasteiger partial charge on any atom is -0.390 e. The van der Waals surface area contributed by atoms with Crippen LogP contribution in [-0.2, 0) is 10.8 Å². The normalized spacial score (nSPS) is 17.4. The first-order valence-corrected chi connectivity index (χ1v) is 6.32. The second kappa shape index (κ2) is 8.45. The van der Waals surface area contributed by atoms with Crippen molar-refractivity contribution in [2.45, 2.75) is 32.4 Å². The number of carbonyl (C=O) groups is 1. The van der Waals surface area contributed by atoms with Crippen LogP contribution in [0.5, 0.6) is 0 Å². The number of aliphatic hydroxyl groups excluding tert-OH is 1. The molecule has 0 bridgehead atoms. The Morgan fingerprint density at radius 2 is 2.41 bits per heavy atom. The number of rotatable bonds is 9. The molecule has 0 rings (SSSR count). The average Bonchev–Trinajstić information content (AvgIpc) is 2.44. The first kappa shape index (κ1) is 11.5. The summed E-state index contributed by atoms with van der Waals surface area (Å²) in [6.45, 7) is 3.57. The van der Waals surface area contributed by atoms with Crippen molar-refractivity contribution in [2.24, 2.45) is 0 Å². The lowest BCUT2D eigenvalue weighted by molar-refractivity contribution is 0.0755. The molecule has 0 aromatic carbocycles. The second-order valence-electron chi connectivity index (χ2n) is 3.46. The van der Waals surface area contributed by atoms with E-state index in [1.807, 2.05) is 4.83 Å². The molecule has 0 aromatic heterocycles. The monoisotopic (exact) mass is 272 g/mol. The van der Waals surface area contributed by atoms with Crippen LogP contribution in [0.15, 0.2) is 0 Å². The molecule has 0 aliphatic heterocycles. The summed E-state index contributed by atoms with van der Waals surface area (Å²) >= 11 is 0. The molecule has 7 nitrogen and oxygen atoms in total. The first-order chi connectivity index (χ1) is 9.73. The highest BCUT2D eigenvalue weighted by Gasteiger charge is 2.20. The van der Waals surface area contributed by atoms with Crippen LogP contribution in [0.25, 0.3) is 0 Å². The number of hydrazine groups is 1. The van der Waals surface area contributed by atoms with E-state index < -0.39 is 28.7 Å². The van der Waals surface area contributed by atoms with Crippen molar-refractivity contribution in [3.8, 4) is 0 Å². The van der Waals surface area contributed by atoms with Gasteiger partial charge in [-0.1, -0.05) is 13.8 Å². The highest BCUT2D eigenvalue weighted by atomic mass is 32.2. The molecule has 1 amide bonds. The van der Waals surface area contributed by atoms with Gasteiger partial charge in [0.15, 0.2) is 6.93 Å². The maximum atomic E-state index is 11.0. The fourth-order valence-corrected chi connectivity index (χ4v) is 1.76. The topological polar surface area (TPSA) is 98.7 Å². The van der Waals surface area contributed by atoms with Crippen LogP contribution >= 0.6 is 0 Å². The number of amides is 1. The zero-order chi connectivity index (χ0) is 17.1. The molecule has 3 N–H and O–H groups in total. The molecule has 9 heteroatoms. The molecule has 0 heterocycles. The highest BCUT2D eigenvalue weighted by Crippen LogP contribution is 2.01. The third-order valence-corrected chi connectivity index (χ3v) is 2.63. The Hall–Kier alpha value is -0.635. The Morgan fingerprint density at radius 3 is 2.82 bits per heavy atom. The van der Waals surface area contributed by atoms with Crippen LogP contribution in [-0.4, -0.2) is 59.8 Å². The maximum Gasteiger partial charge on any atom is 0.214 e. The number of nitrogens with one attached hydrogen (secondary N) is 2. The third-order valence-electron chi connectivity index (χ3n) is 2.22. The number of hydrogen-bond donors (Lipinski definition) is 4. The summed E-state index contributed by atoms with van der Waals surface area (Å²) < 4.78 is 45.1. The van der Waals surface area contributed by atoms with Crippen LogP contribution in [0, 0.1) is 0 Å². The Labute approximate surface area is 110 Å². The molecule has 0 aromatic rings. The number of aliphatic hydroxyl groups is 1. The molecule has 0 fully saturated rings. The Morgan fingerprint density at radius 1 is 1.76 bits per heavy atom. The molecule has 0 aliphatic rings. The Balaban J connectivity index is 0. The van der Waals surface area contributed by atoms with Crippen molar-refractivity contribution >= 4 is 24.4 Å². The predicted molar refractivity (Wildman–Crippen MR) is 68.6 cm³/mol. The SMILES string of the molecule is [2H][2H].[3H][B]C(=O)NC(CC)C(O)CN(CC)NS([3H])(=O)=O. The van der Waals surface area contributed by atoms with Gasteiger partial charge in [0.1, 0.15) is 0 Å². The maximum absolute atomic E-state index is 11.0. The van der Waals surface area contributed by atoms with Gasteiger partial charge in [-0.05, 0) is 7.76 Å². The number of likely N-dealkylation sites (N-methyl/N-ethyl adjacent to an activating group) is 1. The largest absolute Gasteiger partial charge is 0.390 e. The van der Waals surface area contributed by atoms with Crippen LogP contribution in [0.4, 0.5) is 4.79 Å². The Kier molecular flexibility index (Phi) is 5.70. The molecule has 0 aliphatic carbocycles. The summed E-state index contributed by atoms with van der Waals surface area (Å²) in [5.41, 5.74) is 0. The van der Waals surface area contributed by atoms with Crippen LogP contribution in [0.1, 0.15) is 23.2 Å². The van der Waals surface area contributed by atoms with Gasteiger partial charge in [-0.2, -0.15) is 4.83 Å². The summed E-state index contributed by atoms with van der Waals surface area (Å²) in [7, 11) is -3.55. The predicted octanol–water partition coefficient (Wildman–Crippen LogP) is -1.66. The molecular formula is C8H21BN3O4S. The molecule has 1 radical (unpaired) electrons. The van der Waals surface area contributed by atoms with Crippen LogP contribution in [0.2, 0.25) is 0 Å². The van der Waals surface area contributed by atoms with E-state index in [1.165, 1.54) is 0 Å². The van der Waals surface area contributed by atoms with E-state index in [0.29, 0.717) is 14.2 Å². The number of nitrogens with zero attached hydrogens (tertiary/aromatic N) is 1. The lowest BCUT2D eigenvalue weighted by atomic mass is 10.0. The molecule has 101 valence electrons. The smallest absolute Gasteiger partial charge is 0.214 e. The molecule has 2 unspecified atom stereocenters. The molecular weight excluding hydrogens is 245 g/mol. The minimum atomic E-state index is -4.15. The van der Waals surface area contributed by atoms with Crippen molar-refractivity contribution in [2.75, 3.05) is 13.1 Å². The zero-order valence-corrected chi connectivity index (χ0v) is 10.7. The fourth-order valence-electron chi connectivity index (χ4n) is 1.34. The van der Waals surface area contributed by atoms with Gasteiger partial charge in [-0.3, -0.25) is 4.79 Å². The van der Waals surface area contributed by atoms with Crippen molar-refractivity contribution in [3.05, 3.63) is 0 Å². The second-order valence-corrected chi connectivity index (χ2v) is 4.11. The van der Waals surface area contributed by atoms with Gasteiger partial charge >= 0.3 is 0 Å². The van der Waals surface area contributed by atoms with E-state index in [0.717, 1.165) is 5.01 Å². The number of hydrogen-bond acceptors (Lipinski definition) is 5. The van der Waals surface area contributed by atoms with Crippen molar-refractivity contribution in [3.63, 3.8) is 0 Å². The van der Waals surface area contributed by atoms with Gasteiger partial charge in [0.05, 0.1) is 12.1 Å². The van der Waals surface area contributed by atoms with Crippen molar-refractivity contribution in [1.29, 1.82) is 2.46 Å². The molecule has 0 saturated heterocycles. The lowest BCUT2D eigenvalue weighted by Gasteiger charge is -2.27. The summed E-state index contributed by atoms with van der Waals surface area (Å²) in [5.74, 6) is -0.630. The fraction of sp³-hybridized carbons (Fsp3) is 0.875. The summed E-state index contributed by atoms with van der Waals surface area (Å²) in [6.07, 6.45) is -0.602. The van der Waals surface area contributed by atoms with E-state index >= 15 is 0 Å². The minimum absolute atomic E-state index is 0.0780. The van der Waals surface area contributed by atoms with Gasteiger partial charge in [0, 0.05) is 16.1 Å². The molecule has 0 saturated carbocycles. The Bertz CT molecular complexity index is 390. The number of carbonyl (C=O) groups excluding carboxylic acids is 1. The molecule has 2 atom stereocenters. The first-order valence-electron chi connectivity index (χ1n) is 7.23. The molecule has 0 spiro atoms. The summed E-state index contributed by atoms with van der Waals surface area (Å²) in [6, 6.07) is -0.599. The van der Waals surface area contributed by atoms with Crippen LogP contribution in [0.3, 0.4) is 0 Å². The van der Waals surface area contributed by atoms with Gasteiger partial charge in [-0.15, -0.1) is 0 Å². The van der Waals surface area contributed by atoms with Crippen molar-refractivity contribution < 1.29 is 21.3 Å². The standard InChI is InChI=1S/C8H19BN3O4S.H2/c1-3-6(10-8(9)14)7(13)5-12(4-2)11-17(15)16;/h6-7,9,13,17H,3-5H2,1-2H3,(H,10,14)(H,11,15,16);1H/i9T,17T;1+1D. The van der Waals surface area contributed by atoms with E-state index in [4.69, 9.17) is 5.43 Å². The van der Waals surface area contributed by atoms with Gasteiger partial charge in [0.25, 0.3) is 0 Å². The highest BCUT2D eigenvalue weighted by molar-refractivity contribution is 7.70. The summed E-state index contributed by atoms with van der Waals surface area (Å²) in [5, 5.41) is 13.5. The summed E-state index contributed by atoms with van der Waals surface area (Å²) in [4.78, 5) is 13.0. The van der Waals surface area contributed by atoms with Crippen molar-refractivity contribution in [1.82, 2.24) is 15.2 Å². The van der Waals surface area contributed by atoms with E-state index in [9.17, 15) is 18.3 Å². The number of thiol groups is 1. The molecule has 17 heavy (non-hydrogen) atoms. The van der Waals surface area contributed by atoms with Crippen LogP contribution < -0.4 is 10.1 Å². The lowest BCUT2D eigenvalue weighted by Crippen LogP contribution is -2.50. The van der Waals surface area contributed by atoms with Gasteiger partial charge in [-0.25, -0.2) is 13.4 Å². The average molecular weight is 272 g/mol.